The number of likely N-dealkylation sites (N-methyl/N-ethyl adjacent to an activating group) is 1. The maximum atomic E-state index is 12.0. The highest BCUT2D eigenvalue weighted by atomic mass is 19.4. The number of hydrogen-bond acceptors (Lipinski definition) is 2. The van der Waals surface area contributed by atoms with E-state index in [0.29, 0.717) is 25.5 Å². The molecule has 0 aliphatic rings. The third-order valence-corrected chi connectivity index (χ3v) is 2.61. The molecular weight excluding hydrogens is 297 g/mol. The van der Waals surface area contributed by atoms with E-state index in [2.05, 4.69) is 22.2 Å². The summed E-state index contributed by atoms with van der Waals surface area (Å²) in [5.74, 6) is 0.235. The third-order valence-electron chi connectivity index (χ3n) is 2.61. The van der Waals surface area contributed by atoms with Gasteiger partial charge < -0.3 is 15.5 Å². The maximum absolute atomic E-state index is 12.0. The summed E-state index contributed by atoms with van der Waals surface area (Å²) in [5, 5.41) is 5.88. The molecule has 0 bridgehead atoms. The number of halogens is 3. The first-order valence-electron chi connectivity index (χ1n) is 7.05. The van der Waals surface area contributed by atoms with E-state index in [1.165, 1.54) is 4.90 Å². The molecule has 0 aromatic rings. The summed E-state index contributed by atoms with van der Waals surface area (Å²) >= 11 is 0. The number of unbranched alkanes of at least 4 members (excludes halogenated alkanes) is 1. The van der Waals surface area contributed by atoms with Crippen LogP contribution in [0, 0.1) is 0 Å². The van der Waals surface area contributed by atoms with Gasteiger partial charge in [0.15, 0.2) is 5.96 Å². The second kappa shape index (κ2) is 10.1. The molecule has 0 radical (unpaired) electrons. The minimum Gasteiger partial charge on any atom is -0.356 e. The number of carbonyl (C=O) groups excluding carboxylic acids is 1. The van der Waals surface area contributed by atoms with Crippen LogP contribution in [-0.4, -0.2) is 56.7 Å². The van der Waals surface area contributed by atoms with Gasteiger partial charge in [-0.15, -0.1) is 0 Å². The molecule has 0 aromatic carbocycles. The van der Waals surface area contributed by atoms with Crippen molar-refractivity contribution >= 4 is 11.9 Å². The minimum absolute atomic E-state index is 0.0267. The number of amides is 1. The third kappa shape index (κ3) is 12.0. The van der Waals surface area contributed by atoms with Crippen LogP contribution in [0.5, 0.6) is 0 Å². The average molecular weight is 322 g/mol. The zero-order chi connectivity index (χ0) is 17.2. The summed E-state index contributed by atoms with van der Waals surface area (Å²) in [4.78, 5) is 17.0. The van der Waals surface area contributed by atoms with E-state index in [-0.39, 0.29) is 18.9 Å². The van der Waals surface area contributed by atoms with E-state index < -0.39 is 12.6 Å². The van der Waals surface area contributed by atoms with Gasteiger partial charge in [-0.05, 0) is 19.8 Å². The van der Waals surface area contributed by atoms with Gasteiger partial charge in [0.25, 0.3) is 0 Å². The lowest BCUT2D eigenvalue weighted by Gasteiger charge is -2.14. The SMILES string of the molecule is C=C(C)CNC(=NCC(=O)N(C)C)NCCCCC(F)(F)F. The number of carbonyl (C=O) groups is 1. The van der Waals surface area contributed by atoms with Crippen molar-refractivity contribution in [2.45, 2.75) is 32.4 Å². The maximum Gasteiger partial charge on any atom is 0.389 e. The first-order chi connectivity index (χ1) is 10.1. The van der Waals surface area contributed by atoms with E-state index in [0.717, 1.165) is 5.57 Å². The summed E-state index contributed by atoms with van der Waals surface area (Å²) < 4.78 is 36.1. The molecule has 0 rings (SSSR count). The van der Waals surface area contributed by atoms with Crippen molar-refractivity contribution in [3.8, 4) is 0 Å². The zero-order valence-electron chi connectivity index (χ0n) is 13.4. The minimum atomic E-state index is -4.12. The van der Waals surface area contributed by atoms with E-state index in [1.54, 1.807) is 14.1 Å². The normalized spacial score (nSPS) is 12.0. The molecule has 0 saturated heterocycles. The highest BCUT2D eigenvalue weighted by Gasteiger charge is 2.25. The summed E-state index contributed by atoms with van der Waals surface area (Å²) in [6.45, 7) is 6.38. The number of aliphatic imine (C=N–C) groups is 1. The Balaban J connectivity index is 4.26. The molecule has 0 fully saturated rings. The number of nitrogens with one attached hydrogen (secondary N) is 2. The molecule has 0 aliphatic carbocycles. The van der Waals surface area contributed by atoms with Gasteiger partial charge >= 0.3 is 6.18 Å². The second-order valence-corrected chi connectivity index (χ2v) is 5.26. The molecule has 2 N–H and O–H groups in total. The highest BCUT2D eigenvalue weighted by molar-refractivity contribution is 5.84. The first kappa shape index (κ1) is 20.3. The Morgan fingerprint density at radius 1 is 1.23 bits per heavy atom. The predicted molar refractivity (Wildman–Crippen MR) is 81.7 cm³/mol. The molecule has 0 heterocycles. The van der Waals surface area contributed by atoms with Crippen molar-refractivity contribution in [1.82, 2.24) is 15.5 Å². The Morgan fingerprint density at radius 3 is 2.36 bits per heavy atom. The van der Waals surface area contributed by atoms with Crippen LogP contribution < -0.4 is 10.6 Å². The molecule has 0 saturated carbocycles. The fourth-order valence-corrected chi connectivity index (χ4v) is 1.35. The van der Waals surface area contributed by atoms with Crippen molar-refractivity contribution in [3.63, 3.8) is 0 Å². The summed E-state index contributed by atoms with van der Waals surface area (Å²) in [7, 11) is 3.26. The van der Waals surface area contributed by atoms with Gasteiger partial charge in [-0.3, -0.25) is 4.79 Å². The molecule has 0 unspecified atom stereocenters. The molecule has 8 heteroatoms. The number of alkyl halides is 3. The van der Waals surface area contributed by atoms with Crippen LogP contribution in [0.2, 0.25) is 0 Å². The fourth-order valence-electron chi connectivity index (χ4n) is 1.35. The Morgan fingerprint density at radius 2 is 1.86 bits per heavy atom. The summed E-state index contributed by atoms with van der Waals surface area (Å²) in [6, 6.07) is 0. The van der Waals surface area contributed by atoms with Crippen molar-refractivity contribution in [1.29, 1.82) is 0 Å². The second-order valence-electron chi connectivity index (χ2n) is 5.26. The monoisotopic (exact) mass is 322 g/mol. The largest absolute Gasteiger partial charge is 0.389 e. The van der Waals surface area contributed by atoms with Crippen LogP contribution in [0.4, 0.5) is 13.2 Å². The lowest BCUT2D eigenvalue weighted by Crippen LogP contribution is -2.39. The Hall–Kier alpha value is -1.73. The Bertz CT molecular complexity index is 392. The number of nitrogens with zero attached hydrogens (tertiary/aromatic N) is 2. The predicted octanol–water partition coefficient (Wildman–Crippen LogP) is 1.92. The fraction of sp³-hybridized carbons (Fsp3) is 0.714. The smallest absolute Gasteiger partial charge is 0.356 e. The highest BCUT2D eigenvalue weighted by Crippen LogP contribution is 2.21. The molecule has 0 spiro atoms. The standard InChI is InChI=1S/C14H25F3N4O/c1-11(2)9-19-13(20-10-12(22)21(3)4)18-8-6-5-7-14(15,16)17/h1,5-10H2,2-4H3,(H2,18,19,20). The van der Waals surface area contributed by atoms with Crippen molar-refractivity contribution in [2.75, 3.05) is 33.7 Å². The average Bonchev–Trinajstić information content (AvgIpc) is 2.38. The van der Waals surface area contributed by atoms with Crippen molar-refractivity contribution in [2.24, 2.45) is 4.99 Å². The van der Waals surface area contributed by atoms with Gasteiger partial charge in [-0.2, -0.15) is 13.2 Å². The van der Waals surface area contributed by atoms with Gasteiger partial charge in [0.2, 0.25) is 5.91 Å². The molecule has 0 aliphatic heterocycles. The lowest BCUT2D eigenvalue weighted by molar-refractivity contribution is -0.135. The quantitative estimate of drug-likeness (QED) is 0.311. The summed E-state index contributed by atoms with van der Waals surface area (Å²) in [6.07, 6.45) is -4.48. The van der Waals surface area contributed by atoms with Crippen LogP contribution in [0.15, 0.2) is 17.1 Å². The number of guanidine groups is 1. The molecule has 0 aromatic heterocycles. The zero-order valence-corrected chi connectivity index (χ0v) is 13.4. The lowest BCUT2D eigenvalue weighted by atomic mass is 10.2. The molecule has 5 nitrogen and oxygen atoms in total. The van der Waals surface area contributed by atoms with Crippen molar-refractivity contribution < 1.29 is 18.0 Å². The van der Waals surface area contributed by atoms with Gasteiger partial charge in [-0.1, -0.05) is 12.2 Å². The van der Waals surface area contributed by atoms with Crippen LogP contribution >= 0.6 is 0 Å². The Kier molecular flexibility index (Phi) is 9.28. The van der Waals surface area contributed by atoms with Gasteiger partial charge in [0, 0.05) is 33.6 Å². The van der Waals surface area contributed by atoms with E-state index in [4.69, 9.17) is 0 Å². The van der Waals surface area contributed by atoms with Crippen LogP contribution in [0.3, 0.4) is 0 Å². The van der Waals surface area contributed by atoms with E-state index in [9.17, 15) is 18.0 Å². The molecule has 22 heavy (non-hydrogen) atoms. The summed E-state index contributed by atoms with van der Waals surface area (Å²) in [5.41, 5.74) is 0.880. The van der Waals surface area contributed by atoms with Gasteiger partial charge in [-0.25, -0.2) is 4.99 Å². The van der Waals surface area contributed by atoms with Crippen LogP contribution in [-0.2, 0) is 4.79 Å². The number of hydrogen-bond donors (Lipinski definition) is 2. The Labute approximate surface area is 129 Å². The first-order valence-corrected chi connectivity index (χ1v) is 7.05. The van der Waals surface area contributed by atoms with Gasteiger partial charge in [0.05, 0.1) is 0 Å². The van der Waals surface area contributed by atoms with Crippen LogP contribution in [0.25, 0.3) is 0 Å². The molecular formula is C14H25F3N4O. The van der Waals surface area contributed by atoms with Crippen molar-refractivity contribution in [3.05, 3.63) is 12.2 Å². The van der Waals surface area contributed by atoms with E-state index in [1.807, 2.05) is 6.92 Å². The molecule has 0 atom stereocenters. The molecule has 1 amide bonds. The van der Waals surface area contributed by atoms with Gasteiger partial charge in [0.1, 0.15) is 6.54 Å². The topological polar surface area (TPSA) is 56.7 Å². The number of rotatable bonds is 8. The van der Waals surface area contributed by atoms with E-state index >= 15 is 0 Å². The molecule has 128 valence electrons. The van der Waals surface area contributed by atoms with Crippen LogP contribution in [0.1, 0.15) is 26.2 Å².